The summed E-state index contributed by atoms with van der Waals surface area (Å²) in [6.45, 7) is 0. The highest BCUT2D eigenvalue weighted by Gasteiger charge is 2.09. The van der Waals surface area contributed by atoms with Gasteiger partial charge in [0.05, 0.1) is 23.7 Å². The Kier molecular flexibility index (Phi) is 3.90. The summed E-state index contributed by atoms with van der Waals surface area (Å²) in [6, 6.07) is 8.64. The van der Waals surface area contributed by atoms with Gasteiger partial charge < -0.3 is 9.47 Å². The fourth-order valence-corrected chi connectivity index (χ4v) is 1.47. The first kappa shape index (κ1) is 13.5. The number of esters is 1. The normalized spacial score (nSPS) is 9.85. The molecule has 0 amide bonds. The predicted octanol–water partition coefficient (Wildman–Crippen LogP) is 2.57. The van der Waals surface area contributed by atoms with Crippen molar-refractivity contribution in [1.29, 1.82) is 0 Å². The monoisotopic (exact) mass is 274 g/mol. The van der Waals surface area contributed by atoms with Crippen LogP contribution in [0.4, 0.5) is 5.69 Å². The van der Waals surface area contributed by atoms with Crippen LogP contribution in [0, 0.1) is 10.1 Å². The number of carbonyl (C=O) groups is 1. The van der Waals surface area contributed by atoms with Crippen LogP contribution >= 0.6 is 0 Å². The maximum Gasteiger partial charge on any atom is 0.337 e. The van der Waals surface area contributed by atoms with E-state index in [9.17, 15) is 14.9 Å². The van der Waals surface area contributed by atoms with E-state index in [0.717, 1.165) is 0 Å². The van der Waals surface area contributed by atoms with Gasteiger partial charge in [-0.25, -0.2) is 9.78 Å². The van der Waals surface area contributed by atoms with Crippen molar-refractivity contribution in [1.82, 2.24) is 4.98 Å². The molecule has 1 aromatic heterocycles. The van der Waals surface area contributed by atoms with Gasteiger partial charge in [0.15, 0.2) is 0 Å². The number of nitro groups is 1. The lowest BCUT2D eigenvalue weighted by atomic mass is 10.2. The van der Waals surface area contributed by atoms with Gasteiger partial charge >= 0.3 is 5.97 Å². The summed E-state index contributed by atoms with van der Waals surface area (Å²) in [6.07, 6.45) is 1.29. The van der Waals surface area contributed by atoms with E-state index in [0.29, 0.717) is 11.3 Å². The molecule has 0 aliphatic carbocycles. The first-order chi connectivity index (χ1) is 9.60. The molecule has 0 radical (unpaired) electrons. The van der Waals surface area contributed by atoms with Crippen LogP contribution in [0.25, 0.3) is 0 Å². The van der Waals surface area contributed by atoms with Crippen molar-refractivity contribution in [3.63, 3.8) is 0 Å². The quantitative estimate of drug-likeness (QED) is 0.483. The van der Waals surface area contributed by atoms with Gasteiger partial charge in [-0.1, -0.05) is 0 Å². The van der Waals surface area contributed by atoms with E-state index in [-0.39, 0.29) is 11.6 Å². The van der Waals surface area contributed by atoms with Crippen molar-refractivity contribution >= 4 is 11.7 Å². The topological polar surface area (TPSA) is 91.6 Å². The van der Waals surface area contributed by atoms with E-state index in [1.807, 2.05) is 0 Å². The van der Waals surface area contributed by atoms with Gasteiger partial charge in [0.25, 0.3) is 5.69 Å². The highest BCUT2D eigenvalue weighted by atomic mass is 16.6. The minimum atomic E-state index is -0.533. The molecule has 1 aromatic carbocycles. The molecule has 0 spiro atoms. The molecule has 7 heteroatoms. The summed E-state index contributed by atoms with van der Waals surface area (Å²) in [5.74, 6) is 0.0562. The van der Waals surface area contributed by atoms with Crippen LogP contribution in [0.1, 0.15) is 10.4 Å². The number of benzene rings is 1. The summed E-state index contributed by atoms with van der Waals surface area (Å²) in [5, 5.41) is 10.6. The average Bonchev–Trinajstić information content (AvgIpc) is 2.47. The van der Waals surface area contributed by atoms with E-state index in [4.69, 9.17) is 4.74 Å². The third kappa shape index (κ3) is 3.08. The number of carbonyl (C=O) groups excluding carboxylic acids is 1. The van der Waals surface area contributed by atoms with E-state index >= 15 is 0 Å². The zero-order chi connectivity index (χ0) is 14.5. The fourth-order valence-electron chi connectivity index (χ4n) is 1.47. The van der Waals surface area contributed by atoms with E-state index in [1.165, 1.54) is 37.6 Å². The Morgan fingerprint density at radius 1 is 1.25 bits per heavy atom. The first-order valence-corrected chi connectivity index (χ1v) is 5.57. The van der Waals surface area contributed by atoms with Gasteiger partial charge in [0, 0.05) is 12.3 Å². The number of nitrogens with zero attached hydrogens (tertiary/aromatic N) is 2. The van der Waals surface area contributed by atoms with Gasteiger partial charge in [-0.15, -0.1) is 0 Å². The van der Waals surface area contributed by atoms with Gasteiger partial charge in [-0.2, -0.15) is 0 Å². The standard InChI is InChI=1S/C13H10N2O5/c1-19-13(16)9-2-4-11(5-3-9)20-12-8-10(15(17)18)6-7-14-12/h2-8H,1H3. The molecule has 0 N–H and O–H groups in total. The number of hydrogen-bond acceptors (Lipinski definition) is 6. The van der Waals surface area contributed by atoms with Gasteiger partial charge in [-0.05, 0) is 24.3 Å². The second-order valence-electron chi connectivity index (χ2n) is 3.73. The van der Waals surface area contributed by atoms with Crippen molar-refractivity contribution in [3.8, 4) is 11.6 Å². The third-order valence-corrected chi connectivity index (χ3v) is 2.43. The van der Waals surface area contributed by atoms with Crippen LogP contribution < -0.4 is 4.74 Å². The fraction of sp³-hybridized carbons (Fsp3) is 0.0769. The number of aromatic nitrogens is 1. The molecule has 2 aromatic rings. The Labute approximate surface area is 113 Å². The Balaban J connectivity index is 2.16. The number of methoxy groups -OCH3 is 1. The van der Waals surface area contributed by atoms with Crippen molar-refractivity contribution < 1.29 is 19.2 Å². The molecule has 0 atom stereocenters. The molecule has 0 saturated heterocycles. The number of hydrogen-bond donors (Lipinski definition) is 0. The summed E-state index contributed by atoms with van der Waals surface area (Å²) in [7, 11) is 1.29. The maximum absolute atomic E-state index is 11.3. The average molecular weight is 274 g/mol. The molecule has 7 nitrogen and oxygen atoms in total. The molecule has 102 valence electrons. The zero-order valence-corrected chi connectivity index (χ0v) is 10.5. The Bertz CT molecular complexity index is 639. The highest BCUT2D eigenvalue weighted by Crippen LogP contribution is 2.23. The summed E-state index contributed by atoms with van der Waals surface area (Å²) in [4.78, 5) is 25.2. The number of rotatable bonds is 4. The highest BCUT2D eigenvalue weighted by molar-refractivity contribution is 5.89. The smallest absolute Gasteiger partial charge is 0.337 e. The van der Waals surface area contributed by atoms with Crippen LogP contribution in [-0.4, -0.2) is 23.0 Å². The molecular formula is C13H10N2O5. The molecule has 1 heterocycles. The lowest BCUT2D eigenvalue weighted by Gasteiger charge is -2.05. The van der Waals surface area contributed by atoms with Crippen molar-refractivity contribution in [2.24, 2.45) is 0 Å². The summed E-state index contributed by atoms with van der Waals surface area (Å²) >= 11 is 0. The minimum Gasteiger partial charge on any atom is -0.465 e. The second-order valence-corrected chi connectivity index (χ2v) is 3.73. The van der Waals surface area contributed by atoms with Gasteiger partial charge in [-0.3, -0.25) is 10.1 Å². The third-order valence-electron chi connectivity index (χ3n) is 2.43. The van der Waals surface area contributed by atoms with E-state index in [1.54, 1.807) is 12.1 Å². The number of ether oxygens (including phenoxy) is 2. The molecule has 0 fully saturated rings. The summed E-state index contributed by atoms with van der Waals surface area (Å²) < 4.78 is 9.94. The predicted molar refractivity (Wildman–Crippen MR) is 68.7 cm³/mol. The molecule has 0 bridgehead atoms. The van der Waals surface area contributed by atoms with Crippen LogP contribution in [0.5, 0.6) is 11.6 Å². The van der Waals surface area contributed by atoms with Crippen molar-refractivity contribution in [2.75, 3.05) is 7.11 Å². The van der Waals surface area contributed by atoms with Gasteiger partial charge in [0.2, 0.25) is 5.88 Å². The molecule has 2 rings (SSSR count). The van der Waals surface area contributed by atoms with Crippen LogP contribution in [-0.2, 0) is 4.74 Å². The zero-order valence-electron chi connectivity index (χ0n) is 10.5. The second kappa shape index (κ2) is 5.79. The Morgan fingerprint density at radius 2 is 1.95 bits per heavy atom. The summed E-state index contributed by atoms with van der Waals surface area (Å²) in [5.41, 5.74) is 0.271. The molecule has 0 aliphatic rings. The number of pyridine rings is 1. The van der Waals surface area contributed by atoms with Crippen molar-refractivity contribution in [2.45, 2.75) is 0 Å². The van der Waals surface area contributed by atoms with Crippen molar-refractivity contribution in [3.05, 3.63) is 58.3 Å². The van der Waals surface area contributed by atoms with Crippen LogP contribution in [0.3, 0.4) is 0 Å². The largest absolute Gasteiger partial charge is 0.465 e. The SMILES string of the molecule is COC(=O)c1ccc(Oc2cc([N+](=O)[O-])ccn2)cc1. The lowest BCUT2D eigenvalue weighted by molar-refractivity contribution is -0.385. The maximum atomic E-state index is 11.3. The lowest BCUT2D eigenvalue weighted by Crippen LogP contribution is -2.00. The van der Waals surface area contributed by atoms with Crippen LogP contribution in [0.15, 0.2) is 42.6 Å². The Morgan fingerprint density at radius 3 is 2.55 bits per heavy atom. The van der Waals surface area contributed by atoms with Crippen LogP contribution in [0.2, 0.25) is 0 Å². The molecule has 0 aliphatic heterocycles. The molecule has 0 saturated carbocycles. The first-order valence-electron chi connectivity index (χ1n) is 5.57. The molecule has 20 heavy (non-hydrogen) atoms. The van der Waals surface area contributed by atoms with E-state index < -0.39 is 10.9 Å². The Hall–Kier alpha value is -2.96. The van der Waals surface area contributed by atoms with Gasteiger partial charge in [0.1, 0.15) is 5.75 Å². The minimum absolute atomic E-state index is 0.102. The molecule has 0 unspecified atom stereocenters. The molecular weight excluding hydrogens is 264 g/mol. The van der Waals surface area contributed by atoms with E-state index in [2.05, 4.69) is 9.72 Å².